The van der Waals surface area contributed by atoms with Crippen LogP contribution in [0.3, 0.4) is 0 Å². The maximum atomic E-state index is 12.6. The van der Waals surface area contributed by atoms with Gasteiger partial charge in [0, 0.05) is 0 Å². The highest BCUT2D eigenvalue weighted by Gasteiger charge is 1.90. The highest BCUT2D eigenvalue weighted by atomic mass is 19.1. The van der Waals surface area contributed by atoms with Crippen LogP contribution in [0.4, 0.5) is 4.39 Å². The number of halogens is 1. The molecule has 0 heterocycles. The molecule has 0 N–H and O–H groups in total. The molecule has 0 fully saturated rings. The van der Waals surface area contributed by atoms with E-state index >= 15 is 0 Å². The fourth-order valence-electron chi connectivity index (χ4n) is 1.10. The highest BCUT2D eigenvalue weighted by molar-refractivity contribution is 5.16. The summed E-state index contributed by atoms with van der Waals surface area (Å²) in [5, 5.41) is 0. The van der Waals surface area contributed by atoms with Crippen molar-refractivity contribution in [3.8, 4) is 0 Å². The first-order valence-corrected chi connectivity index (χ1v) is 4.35. The molecule has 1 heteroatoms. The Bertz CT molecular complexity index is 285. The van der Waals surface area contributed by atoms with Crippen LogP contribution in [0, 0.1) is 0 Å². The minimum atomic E-state index is -0.240. The summed E-state index contributed by atoms with van der Waals surface area (Å²) in [7, 11) is 0. The Hall–Kier alpha value is -1.37. The highest BCUT2D eigenvalue weighted by Crippen LogP contribution is 2.05. The quantitative estimate of drug-likeness (QED) is 0.614. The van der Waals surface area contributed by atoms with E-state index in [4.69, 9.17) is 0 Å². The summed E-state index contributed by atoms with van der Waals surface area (Å²) in [4.78, 5) is 0. The molecule has 0 amide bonds. The van der Waals surface area contributed by atoms with Gasteiger partial charge in [-0.3, -0.25) is 0 Å². The fourth-order valence-corrected chi connectivity index (χ4v) is 1.10. The monoisotopic (exact) mass is 176 g/mol. The van der Waals surface area contributed by atoms with Crippen molar-refractivity contribution in [1.29, 1.82) is 0 Å². The Morgan fingerprint density at radius 3 is 2.62 bits per heavy atom. The molecule has 0 unspecified atom stereocenters. The van der Waals surface area contributed by atoms with E-state index in [2.05, 4.69) is 6.58 Å². The average molecular weight is 176 g/mol. The van der Waals surface area contributed by atoms with Gasteiger partial charge < -0.3 is 0 Å². The number of allylic oxidation sites excluding steroid dienone is 3. The van der Waals surface area contributed by atoms with E-state index in [1.165, 1.54) is 11.6 Å². The molecule has 0 saturated carbocycles. The zero-order valence-electron chi connectivity index (χ0n) is 7.54. The standard InChI is InChI=1S/C12H13F/c1-2-12(13)10-6-9-11-7-4-3-5-8-11/h2-5,7-8,10H,1,6,9H2/b12-10+. The van der Waals surface area contributed by atoms with Gasteiger partial charge in [0.2, 0.25) is 0 Å². The third-order valence-corrected chi connectivity index (χ3v) is 1.81. The molecule has 13 heavy (non-hydrogen) atoms. The second kappa shape index (κ2) is 5.31. The molecule has 1 aromatic carbocycles. The minimum Gasteiger partial charge on any atom is -0.207 e. The molecule has 0 nitrogen and oxygen atoms in total. The molecule has 0 aromatic heterocycles. The number of benzene rings is 1. The lowest BCUT2D eigenvalue weighted by atomic mass is 10.1. The van der Waals surface area contributed by atoms with Crippen LogP contribution in [0.2, 0.25) is 0 Å². The number of hydrogen-bond acceptors (Lipinski definition) is 0. The van der Waals surface area contributed by atoms with Gasteiger partial charge in [-0.15, -0.1) is 0 Å². The maximum Gasteiger partial charge on any atom is 0.118 e. The first-order chi connectivity index (χ1) is 6.33. The predicted molar refractivity (Wildman–Crippen MR) is 54.2 cm³/mol. The molecule has 0 radical (unpaired) electrons. The van der Waals surface area contributed by atoms with Crippen molar-refractivity contribution in [3.05, 3.63) is 60.5 Å². The van der Waals surface area contributed by atoms with Gasteiger partial charge in [-0.2, -0.15) is 0 Å². The van der Waals surface area contributed by atoms with Crippen LogP contribution in [0.5, 0.6) is 0 Å². The predicted octanol–water partition coefficient (Wildman–Crippen LogP) is 3.66. The van der Waals surface area contributed by atoms with Gasteiger partial charge in [0.1, 0.15) is 5.83 Å². The van der Waals surface area contributed by atoms with Gasteiger partial charge in [0.05, 0.1) is 0 Å². The summed E-state index contributed by atoms with van der Waals surface area (Å²) in [6, 6.07) is 10.0. The Morgan fingerprint density at radius 2 is 2.00 bits per heavy atom. The average Bonchev–Trinajstić information content (AvgIpc) is 2.19. The summed E-state index contributed by atoms with van der Waals surface area (Å²) < 4.78 is 12.6. The van der Waals surface area contributed by atoms with Crippen LogP contribution < -0.4 is 0 Å². The van der Waals surface area contributed by atoms with E-state index in [1.807, 2.05) is 30.3 Å². The molecule has 1 rings (SSSR count). The first kappa shape index (κ1) is 9.72. The van der Waals surface area contributed by atoms with Gasteiger partial charge in [-0.25, -0.2) is 4.39 Å². The van der Waals surface area contributed by atoms with Gasteiger partial charge in [0.25, 0.3) is 0 Å². The zero-order chi connectivity index (χ0) is 9.52. The topological polar surface area (TPSA) is 0 Å². The van der Waals surface area contributed by atoms with Crippen molar-refractivity contribution < 1.29 is 4.39 Å². The molecule has 1 aromatic rings. The van der Waals surface area contributed by atoms with E-state index in [1.54, 1.807) is 6.08 Å². The molecule has 0 spiro atoms. The zero-order valence-corrected chi connectivity index (χ0v) is 7.54. The van der Waals surface area contributed by atoms with Gasteiger partial charge in [0.15, 0.2) is 0 Å². The number of rotatable bonds is 4. The lowest BCUT2D eigenvalue weighted by Gasteiger charge is -1.96. The maximum absolute atomic E-state index is 12.6. The van der Waals surface area contributed by atoms with Crippen LogP contribution in [0.15, 0.2) is 54.9 Å². The van der Waals surface area contributed by atoms with Crippen LogP contribution in [0.25, 0.3) is 0 Å². The smallest absolute Gasteiger partial charge is 0.118 e. The lowest BCUT2D eigenvalue weighted by molar-refractivity contribution is 0.659. The largest absolute Gasteiger partial charge is 0.207 e. The van der Waals surface area contributed by atoms with E-state index in [0.717, 1.165) is 12.8 Å². The molecular weight excluding hydrogens is 163 g/mol. The summed E-state index contributed by atoms with van der Waals surface area (Å²) in [6.07, 6.45) is 4.38. The van der Waals surface area contributed by atoms with Gasteiger partial charge in [-0.1, -0.05) is 36.9 Å². The molecule has 0 aliphatic heterocycles. The second-order valence-corrected chi connectivity index (χ2v) is 2.82. The third kappa shape index (κ3) is 3.70. The van der Waals surface area contributed by atoms with Gasteiger partial charge in [-0.05, 0) is 30.6 Å². The summed E-state index contributed by atoms with van der Waals surface area (Å²) in [5.74, 6) is -0.240. The summed E-state index contributed by atoms with van der Waals surface area (Å²) in [5.41, 5.74) is 1.23. The third-order valence-electron chi connectivity index (χ3n) is 1.81. The molecule has 0 saturated heterocycles. The van der Waals surface area contributed by atoms with Crippen LogP contribution in [-0.2, 0) is 6.42 Å². The number of aryl methyl sites for hydroxylation is 1. The van der Waals surface area contributed by atoms with Crippen molar-refractivity contribution >= 4 is 0 Å². The molecule has 0 aliphatic carbocycles. The molecule has 0 bridgehead atoms. The van der Waals surface area contributed by atoms with Crippen molar-refractivity contribution in [2.24, 2.45) is 0 Å². The summed E-state index contributed by atoms with van der Waals surface area (Å²) in [6.45, 7) is 3.34. The Morgan fingerprint density at radius 1 is 1.31 bits per heavy atom. The lowest BCUT2D eigenvalue weighted by Crippen LogP contribution is -1.81. The SMILES string of the molecule is C=C/C(F)=C\CCc1ccccc1. The van der Waals surface area contributed by atoms with E-state index in [-0.39, 0.29) is 5.83 Å². The van der Waals surface area contributed by atoms with Crippen LogP contribution in [-0.4, -0.2) is 0 Å². The van der Waals surface area contributed by atoms with E-state index < -0.39 is 0 Å². The van der Waals surface area contributed by atoms with Crippen molar-refractivity contribution in [3.63, 3.8) is 0 Å². The Balaban J connectivity index is 2.40. The normalized spacial score (nSPS) is 11.3. The van der Waals surface area contributed by atoms with Gasteiger partial charge >= 0.3 is 0 Å². The molecule has 0 atom stereocenters. The summed E-state index contributed by atoms with van der Waals surface area (Å²) >= 11 is 0. The van der Waals surface area contributed by atoms with Crippen LogP contribution >= 0.6 is 0 Å². The molecular formula is C12H13F. The molecule has 0 aliphatic rings. The Kier molecular flexibility index (Phi) is 3.97. The van der Waals surface area contributed by atoms with Crippen molar-refractivity contribution in [1.82, 2.24) is 0 Å². The fraction of sp³-hybridized carbons (Fsp3) is 0.167. The van der Waals surface area contributed by atoms with E-state index in [0.29, 0.717) is 0 Å². The second-order valence-electron chi connectivity index (χ2n) is 2.82. The minimum absolute atomic E-state index is 0.240. The Labute approximate surface area is 78.4 Å². The number of hydrogen-bond donors (Lipinski definition) is 0. The first-order valence-electron chi connectivity index (χ1n) is 4.35. The molecule has 68 valence electrons. The van der Waals surface area contributed by atoms with E-state index in [9.17, 15) is 4.39 Å². The van der Waals surface area contributed by atoms with Crippen molar-refractivity contribution in [2.75, 3.05) is 0 Å². The van der Waals surface area contributed by atoms with Crippen LogP contribution in [0.1, 0.15) is 12.0 Å². The van der Waals surface area contributed by atoms with Crippen molar-refractivity contribution in [2.45, 2.75) is 12.8 Å².